The van der Waals surface area contributed by atoms with E-state index in [9.17, 15) is 24.3 Å². The summed E-state index contributed by atoms with van der Waals surface area (Å²) < 4.78 is 0. The third-order valence-electron chi connectivity index (χ3n) is 5.11. The molecule has 10 heteroatoms. The first-order chi connectivity index (χ1) is 15.9. The number of aliphatic carboxylic acids is 1. The fourth-order valence-electron chi connectivity index (χ4n) is 3.37. The highest BCUT2D eigenvalue weighted by atomic mass is 32.1. The second kappa shape index (κ2) is 14.6. The summed E-state index contributed by atoms with van der Waals surface area (Å²) in [7, 11) is 0. The van der Waals surface area contributed by atoms with Gasteiger partial charge in [-0.15, -0.1) is 0 Å². The van der Waals surface area contributed by atoms with Crippen LogP contribution < -0.4 is 21.7 Å². The predicted molar refractivity (Wildman–Crippen MR) is 134 cm³/mol. The summed E-state index contributed by atoms with van der Waals surface area (Å²) >= 11 is 4.17. The fourth-order valence-corrected chi connectivity index (χ4v) is 3.63. The normalized spacial score (nSPS) is 14.7. The Hall–Kier alpha value is -2.59. The van der Waals surface area contributed by atoms with Crippen LogP contribution in [0, 0.1) is 11.8 Å². The molecule has 4 atom stereocenters. The number of hydrogen-bond acceptors (Lipinski definition) is 6. The summed E-state index contributed by atoms with van der Waals surface area (Å²) in [5.41, 5.74) is 6.89. The Kier molecular flexibility index (Phi) is 12.7. The van der Waals surface area contributed by atoms with Crippen LogP contribution in [-0.4, -0.2) is 58.7 Å². The topological polar surface area (TPSA) is 151 Å². The van der Waals surface area contributed by atoms with Crippen LogP contribution in [0.3, 0.4) is 0 Å². The van der Waals surface area contributed by atoms with E-state index in [1.54, 1.807) is 0 Å². The van der Waals surface area contributed by atoms with E-state index >= 15 is 0 Å². The van der Waals surface area contributed by atoms with Gasteiger partial charge in [-0.2, -0.15) is 12.6 Å². The number of carboxylic acids is 1. The maximum absolute atomic E-state index is 12.9. The zero-order chi connectivity index (χ0) is 25.8. The smallest absolute Gasteiger partial charge is 0.326 e. The van der Waals surface area contributed by atoms with Crippen LogP contribution in [0.25, 0.3) is 0 Å². The Morgan fingerprint density at radius 2 is 1.29 bits per heavy atom. The Bertz CT molecular complexity index is 819. The Balaban J connectivity index is 2.83. The molecule has 0 aromatic heterocycles. The Morgan fingerprint density at radius 3 is 1.79 bits per heavy atom. The summed E-state index contributed by atoms with van der Waals surface area (Å²) in [6.45, 7) is 7.49. The summed E-state index contributed by atoms with van der Waals surface area (Å²) in [5, 5.41) is 17.2. The molecule has 0 saturated carbocycles. The minimum atomic E-state index is -1.13. The summed E-state index contributed by atoms with van der Waals surface area (Å²) in [6.07, 6.45) is 0.864. The minimum Gasteiger partial charge on any atom is -0.480 e. The van der Waals surface area contributed by atoms with Gasteiger partial charge in [0, 0.05) is 5.75 Å². The van der Waals surface area contributed by atoms with E-state index in [-0.39, 0.29) is 24.0 Å². The standard InChI is InChI=1S/C24H38N4O5S/c1-14(2)10-18(22(30)27-19(24(32)33)11-15(3)4)26-23(31)20(13-34)28-21(29)17(25)12-16-8-6-5-7-9-16/h5-9,14-15,17-20,34H,10-13,25H2,1-4H3,(H,26,31)(H,27,30)(H,28,29)(H,32,33)/t17-,18-,19-,20-/m0/s1. The van der Waals surface area contributed by atoms with Crippen LogP contribution in [0.1, 0.15) is 46.1 Å². The second-order valence-electron chi connectivity index (χ2n) is 9.26. The van der Waals surface area contributed by atoms with E-state index < -0.39 is 47.9 Å². The first-order valence-corrected chi connectivity index (χ1v) is 12.1. The molecule has 0 bridgehead atoms. The monoisotopic (exact) mass is 494 g/mol. The lowest BCUT2D eigenvalue weighted by Gasteiger charge is -2.26. The maximum atomic E-state index is 12.9. The van der Waals surface area contributed by atoms with E-state index in [0.717, 1.165) is 5.56 Å². The molecule has 0 aliphatic carbocycles. The Labute approximate surface area is 207 Å². The van der Waals surface area contributed by atoms with Crippen molar-refractivity contribution in [3.8, 4) is 0 Å². The van der Waals surface area contributed by atoms with Gasteiger partial charge in [-0.05, 0) is 36.7 Å². The number of amides is 3. The molecule has 0 radical (unpaired) electrons. The van der Waals surface area contributed by atoms with Crippen LogP contribution in [0.2, 0.25) is 0 Å². The van der Waals surface area contributed by atoms with Gasteiger partial charge in [-0.1, -0.05) is 58.0 Å². The molecule has 6 N–H and O–H groups in total. The number of rotatable bonds is 14. The molecule has 34 heavy (non-hydrogen) atoms. The first kappa shape index (κ1) is 29.4. The third-order valence-corrected chi connectivity index (χ3v) is 5.48. The number of hydrogen-bond donors (Lipinski definition) is 6. The zero-order valence-electron chi connectivity index (χ0n) is 20.3. The van der Waals surface area contributed by atoms with Gasteiger partial charge < -0.3 is 26.8 Å². The maximum Gasteiger partial charge on any atom is 0.326 e. The van der Waals surface area contributed by atoms with Crippen molar-refractivity contribution in [3.05, 3.63) is 35.9 Å². The van der Waals surface area contributed by atoms with E-state index in [1.165, 1.54) is 0 Å². The van der Waals surface area contributed by atoms with Crippen molar-refractivity contribution in [1.82, 2.24) is 16.0 Å². The van der Waals surface area contributed by atoms with Gasteiger partial charge in [0.25, 0.3) is 0 Å². The van der Waals surface area contributed by atoms with Gasteiger partial charge in [0.2, 0.25) is 17.7 Å². The molecule has 190 valence electrons. The van der Waals surface area contributed by atoms with E-state index in [2.05, 4.69) is 28.6 Å². The number of carbonyl (C=O) groups excluding carboxylic acids is 3. The molecule has 1 rings (SSSR count). The van der Waals surface area contributed by atoms with Crippen molar-refractivity contribution in [1.29, 1.82) is 0 Å². The van der Waals surface area contributed by atoms with Gasteiger partial charge in [0.1, 0.15) is 18.1 Å². The van der Waals surface area contributed by atoms with Crippen molar-refractivity contribution in [2.75, 3.05) is 5.75 Å². The zero-order valence-corrected chi connectivity index (χ0v) is 21.2. The van der Waals surface area contributed by atoms with Gasteiger partial charge in [-0.3, -0.25) is 14.4 Å². The van der Waals surface area contributed by atoms with Crippen LogP contribution >= 0.6 is 12.6 Å². The molecule has 1 aromatic rings. The average molecular weight is 495 g/mol. The average Bonchev–Trinajstić information content (AvgIpc) is 2.76. The molecule has 0 spiro atoms. The molecule has 0 saturated heterocycles. The van der Waals surface area contributed by atoms with Crippen molar-refractivity contribution in [2.45, 2.75) is 71.1 Å². The number of nitrogens with one attached hydrogen (secondary N) is 3. The largest absolute Gasteiger partial charge is 0.480 e. The molecule has 0 unspecified atom stereocenters. The number of thiol groups is 1. The van der Waals surface area contributed by atoms with Gasteiger partial charge >= 0.3 is 5.97 Å². The van der Waals surface area contributed by atoms with Crippen molar-refractivity contribution >= 4 is 36.3 Å². The van der Waals surface area contributed by atoms with E-state index in [4.69, 9.17) is 5.73 Å². The quantitative estimate of drug-likeness (QED) is 0.213. The third kappa shape index (κ3) is 10.6. The summed E-state index contributed by atoms with van der Waals surface area (Å²) in [6, 6.07) is 5.38. The summed E-state index contributed by atoms with van der Waals surface area (Å²) in [4.78, 5) is 49.8. The minimum absolute atomic E-state index is 0.00323. The molecule has 0 aliphatic rings. The number of nitrogens with two attached hydrogens (primary N) is 1. The van der Waals surface area contributed by atoms with Gasteiger partial charge in [-0.25, -0.2) is 4.79 Å². The van der Waals surface area contributed by atoms with E-state index in [1.807, 2.05) is 58.0 Å². The lowest BCUT2D eigenvalue weighted by Crippen LogP contribution is -2.58. The number of carboxylic acid groups (broad SMARTS) is 1. The lowest BCUT2D eigenvalue weighted by molar-refractivity contribution is -0.142. The highest BCUT2D eigenvalue weighted by Crippen LogP contribution is 2.09. The van der Waals surface area contributed by atoms with Crippen molar-refractivity contribution in [3.63, 3.8) is 0 Å². The molecule has 9 nitrogen and oxygen atoms in total. The Morgan fingerprint density at radius 1 is 0.824 bits per heavy atom. The highest BCUT2D eigenvalue weighted by molar-refractivity contribution is 7.80. The molecule has 1 aromatic carbocycles. The van der Waals surface area contributed by atoms with E-state index in [0.29, 0.717) is 12.8 Å². The SMILES string of the molecule is CC(C)C[C@H](NC(=O)[C@H](CC(C)C)NC(=O)[C@H](CS)NC(=O)[C@@H](N)Cc1ccccc1)C(=O)O. The van der Waals surface area contributed by atoms with Crippen LogP contribution in [-0.2, 0) is 25.6 Å². The summed E-state index contributed by atoms with van der Waals surface area (Å²) in [5.74, 6) is -2.71. The lowest BCUT2D eigenvalue weighted by atomic mass is 10.0. The van der Waals surface area contributed by atoms with Crippen LogP contribution in [0.5, 0.6) is 0 Å². The van der Waals surface area contributed by atoms with Crippen LogP contribution in [0.4, 0.5) is 0 Å². The van der Waals surface area contributed by atoms with Gasteiger partial charge in [0.05, 0.1) is 6.04 Å². The fraction of sp³-hybridized carbons (Fsp3) is 0.583. The van der Waals surface area contributed by atoms with Crippen molar-refractivity contribution < 1.29 is 24.3 Å². The van der Waals surface area contributed by atoms with Crippen molar-refractivity contribution in [2.24, 2.45) is 17.6 Å². The highest BCUT2D eigenvalue weighted by Gasteiger charge is 2.30. The molecule has 0 fully saturated rings. The predicted octanol–water partition coefficient (Wildman–Crippen LogP) is 1.12. The molecule has 3 amide bonds. The number of benzene rings is 1. The molecule has 0 heterocycles. The number of carbonyl (C=O) groups is 4. The van der Waals surface area contributed by atoms with Gasteiger partial charge in [0.15, 0.2) is 0 Å². The first-order valence-electron chi connectivity index (χ1n) is 11.5. The molecule has 0 aliphatic heterocycles. The molecular weight excluding hydrogens is 456 g/mol. The van der Waals surface area contributed by atoms with Crippen LogP contribution in [0.15, 0.2) is 30.3 Å². The molecular formula is C24H38N4O5S. The second-order valence-corrected chi connectivity index (χ2v) is 9.62.